The highest BCUT2D eigenvalue weighted by atomic mass is 16.4. The molecule has 1 amide bonds. The SMILES string of the molecule is CCC(CC)C(C)NC(=O)Cn1cccc1C(=O)O. The van der Waals surface area contributed by atoms with Crippen LogP contribution in [-0.4, -0.2) is 27.6 Å². The Morgan fingerprint density at radius 1 is 1.37 bits per heavy atom. The van der Waals surface area contributed by atoms with Gasteiger partial charge >= 0.3 is 5.97 Å². The molecule has 0 aliphatic rings. The van der Waals surface area contributed by atoms with E-state index in [-0.39, 0.29) is 24.2 Å². The Kier molecular flexibility index (Phi) is 5.60. The van der Waals surface area contributed by atoms with Gasteiger partial charge in [0.1, 0.15) is 12.2 Å². The minimum atomic E-state index is -1.02. The molecule has 1 rings (SSSR count). The summed E-state index contributed by atoms with van der Waals surface area (Å²) in [6, 6.07) is 3.22. The molecule has 106 valence electrons. The molecule has 0 aliphatic heterocycles. The van der Waals surface area contributed by atoms with Crippen LogP contribution in [0.4, 0.5) is 0 Å². The van der Waals surface area contributed by atoms with Crippen molar-refractivity contribution in [2.45, 2.75) is 46.2 Å². The fraction of sp³-hybridized carbons (Fsp3) is 0.571. The molecule has 0 saturated carbocycles. The molecule has 0 fully saturated rings. The maximum absolute atomic E-state index is 11.9. The average Bonchev–Trinajstić information content (AvgIpc) is 2.78. The largest absolute Gasteiger partial charge is 0.477 e. The van der Waals surface area contributed by atoms with E-state index in [0.29, 0.717) is 5.92 Å². The molecule has 0 saturated heterocycles. The van der Waals surface area contributed by atoms with Gasteiger partial charge in [0.15, 0.2) is 0 Å². The Balaban J connectivity index is 2.60. The molecule has 0 spiro atoms. The van der Waals surface area contributed by atoms with E-state index in [4.69, 9.17) is 5.11 Å². The molecule has 5 nitrogen and oxygen atoms in total. The Morgan fingerprint density at radius 3 is 2.53 bits per heavy atom. The highest BCUT2D eigenvalue weighted by molar-refractivity contribution is 5.86. The Morgan fingerprint density at radius 2 is 2.00 bits per heavy atom. The van der Waals surface area contributed by atoms with Gasteiger partial charge in [0.05, 0.1) is 0 Å². The predicted molar refractivity (Wildman–Crippen MR) is 73.1 cm³/mol. The minimum Gasteiger partial charge on any atom is -0.477 e. The third kappa shape index (κ3) is 4.12. The van der Waals surface area contributed by atoms with Gasteiger partial charge in [-0.1, -0.05) is 26.7 Å². The van der Waals surface area contributed by atoms with Crippen molar-refractivity contribution in [1.82, 2.24) is 9.88 Å². The number of hydrogen-bond acceptors (Lipinski definition) is 2. The molecule has 1 atom stereocenters. The van der Waals surface area contributed by atoms with Crippen molar-refractivity contribution in [2.75, 3.05) is 0 Å². The summed E-state index contributed by atoms with van der Waals surface area (Å²) >= 11 is 0. The molecule has 2 N–H and O–H groups in total. The van der Waals surface area contributed by atoms with Crippen molar-refractivity contribution in [1.29, 1.82) is 0 Å². The number of nitrogens with one attached hydrogen (secondary N) is 1. The fourth-order valence-corrected chi connectivity index (χ4v) is 2.31. The summed E-state index contributed by atoms with van der Waals surface area (Å²) < 4.78 is 1.44. The van der Waals surface area contributed by atoms with Crippen LogP contribution in [0.25, 0.3) is 0 Å². The van der Waals surface area contributed by atoms with E-state index in [2.05, 4.69) is 19.2 Å². The first-order valence-electron chi connectivity index (χ1n) is 6.67. The summed E-state index contributed by atoms with van der Waals surface area (Å²) in [7, 11) is 0. The van der Waals surface area contributed by atoms with E-state index in [0.717, 1.165) is 12.8 Å². The second kappa shape index (κ2) is 6.97. The van der Waals surface area contributed by atoms with E-state index in [1.54, 1.807) is 12.3 Å². The number of hydrogen-bond donors (Lipinski definition) is 2. The van der Waals surface area contributed by atoms with Crippen LogP contribution in [0, 0.1) is 5.92 Å². The van der Waals surface area contributed by atoms with Crippen LogP contribution < -0.4 is 5.32 Å². The van der Waals surface area contributed by atoms with Gasteiger partial charge in [0, 0.05) is 12.2 Å². The molecule has 1 heterocycles. The number of carbonyl (C=O) groups is 2. The first-order chi connectivity index (χ1) is 8.99. The van der Waals surface area contributed by atoms with Crippen LogP contribution in [0.2, 0.25) is 0 Å². The first-order valence-corrected chi connectivity index (χ1v) is 6.67. The normalized spacial score (nSPS) is 12.4. The zero-order chi connectivity index (χ0) is 14.4. The van der Waals surface area contributed by atoms with Gasteiger partial charge in [-0.05, 0) is 25.0 Å². The lowest BCUT2D eigenvalue weighted by atomic mass is 9.95. The van der Waals surface area contributed by atoms with E-state index in [1.807, 2.05) is 6.92 Å². The van der Waals surface area contributed by atoms with E-state index in [1.165, 1.54) is 10.6 Å². The van der Waals surface area contributed by atoms with Gasteiger partial charge in [-0.3, -0.25) is 4.79 Å². The zero-order valence-electron chi connectivity index (χ0n) is 11.7. The van der Waals surface area contributed by atoms with Crippen LogP contribution in [0.15, 0.2) is 18.3 Å². The number of carboxylic acids is 1. The molecular weight excluding hydrogens is 244 g/mol. The molecule has 1 unspecified atom stereocenters. The number of carboxylic acid groups (broad SMARTS) is 1. The lowest BCUT2D eigenvalue weighted by Gasteiger charge is -2.22. The lowest BCUT2D eigenvalue weighted by molar-refractivity contribution is -0.122. The maximum atomic E-state index is 11.9. The molecular formula is C14H22N2O3. The zero-order valence-corrected chi connectivity index (χ0v) is 11.7. The van der Waals surface area contributed by atoms with Crippen molar-refractivity contribution in [3.63, 3.8) is 0 Å². The number of aromatic carboxylic acids is 1. The average molecular weight is 266 g/mol. The van der Waals surface area contributed by atoms with E-state index < -0.39 is 5.97 Å². The summed E-state index contributed by atoms with van der Waals surface area (Å²) in [6.45, 7) is 6.24. The highest BCUT2D eigenvalue weighted by Gasteiger charge is 2.17. The van der Waals surface area contributed by atoms with Crippen LogP contribution in [0.5, 0.6) is 0 Å². The number of carbonyl (C=O) groups excluding carboxylic acids is 1. The highest BCUT2D eigenvalue weighted by Crippen LogP contribution is 2.12. The Hall–Kier alpha value is -1.78. The van der Waals surface area contributed by atoms with Crippen LogP contribution in [0.1, 0.15) is 44.1 Å². The van der Waals surface area contributed by atoms with Crippen molar-refractivity contribution in [3.05, 3.63) is 24.0 Å². The second-order valence-electron chi connectivity index (χ2n) is 4.76. The van der Waals surface area contributed by atoms with Gasteiger partial charge in [-0.25, -0.2) is 4.79 Å². The van der Waals surface area contributed by atoms with E-state index >= 15 is 0 Å². The Labute approximate surface area is 113 Å². The van der Waals surface area contributed by atoms with Gasteiger partial charge in [0.2, 0.25) is 5.91 Å². The van der Waals surface area contributed by atoms with Crippen LogP contribution in [-0.2, 0) is 11.3 Å². The second-order valence-corrected chi connectivity index (χ2v) is 4.76. The van der Waals surface area contributed by atoms with Gasteiger partial charge in [-0.2, -0.15) is 0 Å². The lowest BCUT2D eigenvalue weighted by Crippen LogP contribution is -2.39. The Bertz CT molecular complexity index is 436. The standard InChI is InChI=1S/C14H22N2O3/c1-4-11(5-2)10(3)15-13(17)9-16-8-6-7-12(16)14(18)19/h6-8,10-11H,4-5,9H2,1-3H3,(H,15,17)(H,18,19). The van der Waals surface area contributed by atoms with E-state index in [9.17, 15) is 9.59 Å². The summed E-state index contributed by atoms with van der Waals surface area (Å²) in [5.74, 6) is -0.725. The molecule has 1 aromatic rings. The van der Waals surface area contributed by atoms with Crippen molar-refractivity contribution < 1.29 is 14.7 Å². The number of amides is 1. The maximum Gasteiger partial charge on any atom is 0.352 e. The van der Waals surface area contributed by atoms with Gasteiger partial charge in [-0.15, -0.1) is 0 Å². The number of aromatic nitrogens is 1. The summed E-state index contributed by atoms with van der Waals surface area (Å²) in [5, 5.41) is 11.9. The molecule has 19 heavy (non-hydrogen) atoms. The summed E-state index contributed by atoms with van der Waals surface area (Å²) in [4.78, 5) is 22.8. The molecule has 0 bridgehead atoms. The third-order valence-electron chi connectivity index (χ3n) is 3.51. The van der Waals surface area contributed by atoms with Crippen LogP contribution in [0.3, 0.4) is 0 Å². The van der Waals surface area contributed by atoms with Crippen molar-refractivity contribution in [2.24, 2.45) is 5.92 Å². The number of rotatable bonds is 7. The molecule has 0 aliphatic carbocycles. The molecule has 5 heteroatoms. The van der Waals surface area contributed by atoms with Gasteiger partial charge in [0.25, 0.3) is 0 Å². The first kappa shape index (κ1) is 15.3. The van der Waals surface area contributed by atoms with Gasteiger partial charge < -0.3 is 15.0 Å². The minimum absolute atomic E-state index is 0.0408. The molecule has 1 aromatic heterocycles. The fourth-order valence-electron chi connectivity index (χ4n) is 2.31. The summed E-state index contributed by atoms with van der Waals surface area (Å²) in [5.41, 5.74) is 0.130. The predicted octanol–water partition coefficient (Wildman–Crippen LogP) is 2.13. The number of nitrogens with zero attached hydrogens (tertiary/aromatic N) is 1. The molecule has 0 aromatic carbocycles. The smallest absolute Gasteiger partial charge is 0.352 e. The van der Waals surface area contributed by atoms with Crippen molar-refractivity contribution in [3.8, 4) is 0 Å². The quantitative estimate of drug-likeness (QED) is 0.794. The molecule has 0 radical (unpaired) electrons. The van der Waals surface area contributed by atoms with Crippen molar-refractivity contribution >= 4 is 11.9 Å². The van der Waals surface area contributed by atoms with Crippen LogP contribution >= 0.6 is 0 Å². The third-order valence-corrected chi connectivity index (χ3v) is 3.51. The topological polar surface area (TPSA) is 71.3 Å². The summed E-state index contributed by atoms with van der Waals surface area (Å²) in [6.07, 6.45) is 3.63. The monoisotopic (exact) mass is 266 g/mol.